The van der Waals surface area contributed by atoms with Crippen molar-refractivity contribution in [3.05, 3.63) is 0 Å². The first-order valence-corrected chi connectivity index (χ1v) is 6.83. The summed E-state index contributed by atoms with van der Waals surface area (Å²) in [6.07, 6.45) is 9.90. The van der Waals surface area contributed by atoms with Gasteiger partial charge in [0.1, 0.15) is 6.04 Å². The van der Waals surface area contributed by atoms with Gasteiger partial charge in [-0.2, -0.15) is 0 Å². The molecule has 1 heterocycles. The number of carboxylic acids is 1. The van der Waals surface area contributed by atoms with Crippen LogP contribution in [0.2, 0.25) is 0 Å². The zero-order valence-electron chi connectivity index (χ0n) is 11.0. The van der Waals surface area contributed by atoms with Crippen LogP contribution >= 0.6 is 0 Å². The van der Waals surface area contributed by atoms with E-state index in [1.54, 1.807) is 4.90 Å². The average molecular weight is 264 g/mol. The van der Waals surface area contributed by atoms with E-state index in [1.165, 1.54) is 0 Å². The number of carbonyl (C=O) groups excluding carboxylic acids is 1. The molecule has 1 amide bonds. The molecule has 0 radical (unpaired) electrons. The number of fused-ring (bicyclic) bond motifs is 1. The number of carbonyl (C=O) groups is 2. The highest BCUT2D eigenvalue weighted by molar-refractivity contribution is 5.86. The molecule has 2 N–H and O–H groups in total. The third-order valence-corrected chi connectivity index (χ3v) is 4.16. The number of likely N-dealkylation sites (tertiary alicyclic amines) is 1. The van der Waals surface area contributed by atoms with Crippen molar-refractivity contribution in [3.63, 3.8) is 0 Å². The Hall–Kier alpha value is -1.54. The van der Waals surface area contributed by atoms with Gasteiger partial charge in [0.15, 0.2) is 0 Å². The van der Waals surface area contributed by atoms with Gasteiger partial charge in [-0.1, -0.05) is 18.8 Å². The third kappa shape index (κ3) is 2.90. The van der Waals surface area contributed by atoms with Crippen molar-refractivity contribution in [1.29, 1.82) is 0 Å². The lowest BCUT2D eigenvalue weighted by Crippen LogP contribution is -2.49. The molecule has 104 valence electrons. The molecule has 0 bridgehead atoms. The van der Waals surface area contributed by atoms with E-state index in [1.807, 2.05) is 0 Å². The Morgan fingerprint density at radius 1 is 1.37 bits per heavy atom. The summed E-state index contributed by atoms with van der Waals surface area (Å²) < 4.78 is 0. The first-order chi connectivity index (χ1) is 9.15. The van der Waals surface area contributed by atoms with Gasteiger partial charge in [0.2, 0.25) is 5.91 Å². The van der Waals surface area contributed by atoms with E-state index >= 15 is 0 Å². The van der Waals surface area contributed by atoms with E-state index < -0.39 is 12.0 Å². The molecule has 0 spiro atoms. The molecule has 1 aliphatic carbocycles. The van der Waals surface area contributed by atoms with Crippen LogP contribution in [0.15, 0.2) is 0 Å². The molecule has 5 heteroatoms. The number of nitrogens with zero attached hydrogens (tertiary/aromatic N) is 1. The Kier molecular flexibility index (Phi) is 4.43. The fourth-order valence-electron chi connectivity index (χ4n) is 3.37. The molecule has 3 unspecified atom stereocenters. The molecule has 1 aliphatic heterocycles. The lowest BCUT2D eigenvalue weighted by Gasteiger charge is -2.33. The number of amides is 1. The summed E-state index contributed by atoms with van der Waals surface area (Å²) in [7, 11) is 0. The largest absolute Gasteiger partial charge is 0.480 e. The summed E-state index contributed by atoms with van der Waals surface area (Å²) >= 11 is 0. The van der Waals surface area contributed by atoms with Gasteiger partial charge in [0.25, 0.3) is 0 Å². The van der Waals surface area contributed by atoms with Crippen LogP contribution in [-0.2, 0) is 9.59 Å². The van der Waals surface area contributed by atoms with Crippen molar-refractivity contribution >= 4 is 11.9 Å². The number of hydrogen-bond acceptors (Lipinski definition) is 3. The van der Waals surface area contributed by atoms with E-state index in [-0.39, 0.29) is 18.5 Å². The Morgan fingerprint density at radius 3 is 2.79 bits per heavy atom. The van der Waals surface area contributed by atoms with Crippen molar-refractivity contribution in [3.8, 4) is 12.3 Å². The Balaban J connectivity index is 2.07. The maximum Gasteiger partial charge on any atom is 0.326 e. The van der Waals surface area contributed by atoms with E-state index in [0.29, 0.717) is 18.9 Å². The predicted molar refractivity (Wildman–Crippen MR) is 70.3 cm³/mol. The van der Waals surface area contributed by atoms with Crippen LogP contribution in [0.4, 0.5) is 0 Å². The molecule has 2 rings (SSSR count). The van der Waals surface area contributed by atoms with Crippen LogP contribution in [0.3, 0.4) is 0 Å². The van der Waals surface area contributed by atoms with Crippen LogP contribution in [0.5, 0.6) is 0 Å². The van der Waals surface area contributed by atoms with Crippen LogP contribution in [0, 0.1) is 18.3 Å². The normalized spacial score (nSPS) is 29.6. The van der Waals surface area contributed by atoms with Crippen LogP contribution in [-0.4, -0.2) is 47.1 Å². The summed E-state index contributed by atoms with van der Waals surface area (Å²) in [5, 5.41) is 12.2. The number of terminal acetylenes is 1. The third-order valence-electron chi connectivity index (χ3n) is 4.16. The average Bonchev–Trinajstić information content (AvgIpc) is 2.78. The second-order valence-electron chi connectivity index (χ2n) is 5.31. The van der Waals surface area contributed by atoms with Gasteiger partial charge in [-0.3, -0.25) is 10.1 Å². The molecule has 1 saturated carbocycles. The van der Waals surface area contributed by atoms with Gasteiger partial charge >= 0.3 is 5.97 Å². The zero-order chi connectivity index (χ0) is 13.8. The highest BCUT2D eigenvalue weighted by Gasteiger charge is 2.47. The van der Waals surface area contributed by atoms with Crippen molar-refractivity contribution in [2.45, 2.75) is 44.2 Å². The van der Waals surface area contributed by atoms with Crippen molar-refractivity contribution in [2.24, 2.45) is 5.92 Å². The van der Waals surface area contributed by atoms with Gasteiger partial charge < -0.3 is 10.0 Å². The van der Waals surface area contributed by atoms with Gasteiger partial charge in [0, 0.05) is 6.04 Å². The van der Waals surface area contributed by atoms with Gasteiger partial charge in [-0.15, -0.1) is 6.42 Å². The number of hydrogen-bond donors (Lipinski definition) is 2. The quantitative estimate of drug-likeness (QED) is 0.571. The highest BCUT2D eigenvalue weighted by atomic mass is 16.4. The molecule has 0 aromatic heterocycles. The molecular formula is C14H20N2O3. The topological polar surface area (TPSA) is 69.6 Å². The van der Waals surface area contributed by atoms with Crippen LogP contribution < -0.4 is 5.32 Å². The minimum Gasteiger partial charge on any atom is -0.480 e. The molecule has 19 heavy (non-hydrogen) atoms. The second-order valence-corrected chi connectivity index (χ2v) is 5.31. The maximum absolute atomic E-state index is 12.2. The highest BCUT2D eigenvalue weighted by Crippen LogP contribution is 2.39. The summed E-state index contributed by atoms with van der Waals surface area (Å²) in [5.41, 5.74) is 0. The van der Waals surface area contributed by atoms with Gasteiger partial charge in [-0.25, -0.2) is 4.79 Å². The Labute approximate surface area is 113 Å². The van der Waals surface area contributed by atoms with E-state index in [0.717, 1.165) is 25.7 Å². The number of rotatable bonds is 4. The molecule has 1 saturated heterocycles. The number of nitrogens with one attached hydrogen (secondary N) is 1. The van der Waals surface area contributed by atoms with Crippen LogP contribution in [0.1, 0.15) is 32.1 Å². The first-order valence-electron chi connectivity index (χ1n) is 6.83. The lowest BCUT2D eigenvalue weighted by atomic mass is 9.85. The fourth-order valence-corrected chi connectivity index (χ4v) is 3.37. The molecule has 2 fully saturated rings. The van der Waals surface area contributed by atoms with Crippen LogP contribution in [0.25, 0.3) is 0 Å². The maximum atomic E-state index is 12.2. The standard InChI is InChI=1S/C14H20N2O3/c1-2-7-15-9-13(17)16-11-6-4-3-5-10(11)8-12(16)14(18)19/h1,10-12,15H,3-9H2,(H,18,19). The molecular weight excluding hydrogens is 244 g/mol. The second kappa shape index (κ2) is 6.07. The molecule has 3 atom stereocenters. The predicted octanol–water partition coefficient (Wildman–Crippen LogP) is 0.454. The minimum absolute atomic E-state index is 0.106. The molecule has 2 aliphatic rings. The summed E-state index contributed by atoms with van der Waals surface area (Å²) in [6, 6.07) is -0.553. The Morgan fingerprint density at radius 2 is 2.11 bits per heavy atom. The molecule has 5 nitrogen and oxygen atoms in total. The number of carboxylic acid groups (broad SMARTS) is 1. The number of aliphatic carboxylic acids is 1. The van der Waals surface area contributed by atoms with Gasteiger partial charge in [-0.05, 0) is 25.2 Å². The smallest absolute Gasteiger partial charge is 0.326 e. The summed E-state index contributed by atoms with van der Waals surface area (Å²) in [6.45, 7) is 0.447. The zero-order valence-corrected chi connectivity index (χ0v) is 11.0. The van der Waals surface area contributed by atoms with Crippen molar-refractivity contribution < 1.29 is 14.7 Å². The molecule has 0 aromatic carbocycles. The van der Waals surface area contributed by atoms with Crippen molar-refractivity contribution in [1.82, 2.24) is 10.2 Å². The first kappa shape index (κ1) is 13.9. The lowest BCUT2D eigenvalue weighted by molar-refractivity contribution is -0.149. The van der Waals surface area contributed by atoms with E-state index in [4.69, 9.17) is 6.42 Å². The Bertz CT molecular complexity index is 402. The fraction of sp³-hybridized carbons (Fsp3) is 0.714. The SMILES string of the molecule is C#CCNCC(=O)N1C(C(=O)O)CC2CCCCC21. The van der Waals surface area contributed by atoms with Gasteiger partial charge in [0.05, 0.1) is 13.1 Å². The molecule has 0 aromatic rings. The summed E-state index contributed by atoms with van der Waals surface area (Å²) in [5.74, 6) is 1.73. The summed E-state index contributed by atoms with van der Waals surface area (Å²) in [4.78, 5) is 25.2. The van der Waals surface area contributed by atoms with E-state index in [2.05, 4.69) is 11.2 Å². The monoisotopic (exact) mass is 264 g/mol. The van der Waals surface area contributed by atoms with Crippen molar-refractivity contribution in [2.75, 3.05) is 13.1 Å². The van der Waals surface area contributed by atoms with E-state index in [9.17, 15) is 14.7 Å². The minimum atomic E-state index is -0.889.